The molecule has 5 aromatic rings. The van der Waals surface area contributed by atoms with Crippen LogP contribution in [0.5, 0.6) is 0 Å². The number of hydrogen-bond donors (Lipinski definition) is 2. The monoisotopic (exact) mass is 584 g/mol. The van der Waals surface area contributed by atoms with E-state index in [9.17, 15) is 13.7 Å². The van der Waals surface area contributed by atoms with Gasteiger partial charge in [0, 0.05) is 53.0 Å². The number of benzene rings is 3. The number of aromatic nitrogens is 3. The molecule has 2 N–H and O–H groups in total. The van der Waals surface area contributed by atoms with E-state index in [0.29, 0.717) is 15.5 Å². The lowest BCUT2D eigenvalue weighted by Gasteiger charge is -2.38. The van der Waals surface area contributed by atoms with Crippen LogP contribution in [-0.2, 0) is 16.6 Å². The summed E-state index contributed by atoms with van der Waals surface area (Å²) >= 11 is 6.01. The van der Waals surface area contributed by atoms with E-state index in [4.69, 9.17) is 11.6 Å². The van der Waals surface area contributed by atoms with Gasteiger partial charge in [-0.2, -0.15) is 14.7 Å². The van der Waals surface area contributed by atoms with Crippen molar-refractivity contribution in [3.05, 3.63) is 82.9 Å². The summed E-state index contributed by atoms with van der Waals surface area (Å²) in [6.07, 6.45) is 3.47. The van der Waals surface area contributed by atoms with E-state index >= 15 is 0 Å². The van der Waals surface area contributed by atoms with Gasteiger partial charge in [0.25, 0.3) is 0 Å². The molecule has 1 aliphatic heterocycles. The topological polar surface area (TPSA) is 109 Å². The summed E-state index contributed by atoms with van der Waals surface area (Å²) < 4.78 is 29.0. The molecule has 0 unspecified atom stereocenters. The van der Waals surface area contributed by atoms with Crippen LogP contribution in [-0.4, -0.2) is 58.0 Å². The molecule has 0 bridgehead atoms. The van der Waals surface area contributed by atoms with Gasteiger partial charge in [0.15, 0.2) is 0 Å². The van der Waals surface area contributed by atoms with Crippen LogP contribution in [0.1, 0.15) is 36.8 Å². The summed E-state index contributed by atoms with van der Waals surface area (Å²) in [5, 5.41) is 19.5. The Kier molecular flexibility index (Phi) is 6.59. The quantitative estimate of drug-likeness (QED) is 0.242. The Labute approximate surface area is 243 Å². The lowest BCUT2D eigenvalue weighted by molar-refractivity contribution is 0.150. The summed E-state index contributed by atoms with van der Waals surface area (Å²) in [5.41, 5.74) is 5.45. The molecule has 1 saturated carbocycles. The highest BCUT2D eigenvalue weighted by Crippen LogP contribution is 2.37. The van der Waals surface area contributed by atoms with Crippen LogP contribution in [0.15, 0.2) is 71.6 Å². The fraction of sp³-hybridized carbons (Fsp3) is 0.290. The van der Waals surface area contributed by atoms with Crippen LogP contribution in [0.4, 0.5) is 0 Å². The number of nitrogens with one attached hydrogen (secondary N) is 2. The van der Waals surface area contributed by atoms with Crippen LogP contribution >= 0.6 is 11.6 Å². The van der Waals surface area contributed by atoms with E-state index in [1.807, 2.05) is 18.2 Å². The number of likely N-dealkylation sites (tertiary alicyclic amines) is 1. The second-order valence-electron chi connectivity index (χ2n) is 11.0. The Morgan fingerprint density at radius 1 is 0.951 bits per heavy atom. The maximum absolute atomic E-state index is 13.6. The van der Waals surface area contributed by atoms with Crippen molar-refractivity contribution >= 4 is 43.4 Å². The van der Waals surface area contributed by atoms with Crippen molar-refractivity contribution in [3.63, 3.8) is 0 Å². The standard InChI is InChI=1S/C31H29ClN6O2S/c32-22-5-9-25(10-6-22)41(39,40)38(23-7-8-23)24-12-14-37(15-13-24)19-21-2-1-3-28-27(21)17-30(34-28)31-26-11-4-20(18-33)16-29(26)35-36-31/h1-6,9-11,16-17,23-24,34H,7-8,12-15,19H2,(H,35,36). The van der Waals surface area contributed by atoms with E-state index < -0.39 is 10.0 Å². The molecule has 1 aliphatic carbocycles. The number of piperidine rings is 1. The maximum Gasteiger partial charge on any atom is 0.243 e. The van der Waals surface area contributed by atoms with Crippen molar-refractivity contribution < 1.29 is 8.42 Å². The minimum absolute atomic E-state index is 0.00331. The molecular formula is C31H29ClN6O2S. The van der Waals surface area contributed by atoms with Gasteiger partial charge in [-0.3, -0.25) is 10.00 Å². The molecule has 7 rings (SSSR count). The number of hydrogen-bond acceptors (Lipinski definition) is 5. The molecular weight excluding hydrogens is 556 g/mol. The minimum Gasteiger partial charge on any atom is -0.353 e. The molecule has 8 nitrogen and oxygen atoms in total. The predicted octanol–water partition coefficient (Wildman–Crippen LogP) is 6.05. The van der Waals surface area contributed by atoms with Crippen molar-refractivity contribution in [2.24, 2.45) is 0 Å². The van der Waals surface area contributed by atoms with Gasteiger partial charge in [-0.25, -0.2) is 8.42 Å². The van der Waals surface area contributed by atoms with E-state index in [1.54, 1.807) is 28.6 Å². The average molecular weight is 585 g/mol. The predicted molar refractivity (Wildman–Crippen MR) is 160 cm³/mol. The van der Waals surface area contributed by atoms with Gasteiger partial charge in [-0.15, -0.1) is 0 Å². The largest absolute Gasteiger partial charge is 0.353 e. The summed E-state index contributed by atoms with van der Waals surface area (Å²) in [6.45, 7) is 2.47. The molecule has 0 spiro atoms. The number of fused-ring (bicyclic) bond motifs is 2. The number of H-pyrrole nitrogens is 2. The first-order valence-corrected chi connectivity index (χ1v) is 15.7. The molecule has 1 saturated heterocycles. The Balaban J connectivity index is 1.09. The SMILES string of the molecule is N#Cc1ccc2c(-c3cc4c(CN5CCC(N(C6CC6)S(=O)(=O)c6ccc(Cl)cc6)CC5)cccc4[nH]3)n[nH]c2c1. The first kappa shape index (κ1) is 26.2. The van der Waals surface area contributed by atoms with Gasteiger partial charge in [0.2, 0.25) is 10.0 Å². The molecule has 3 aromatic carbocycles. The zero-order valence-electron chi connectivity index (χ0n) is 22.3. The van der Waals surface area contributed by atoms with E-state index in [2.05, 4.69) is 50.4 Å². The van der Waals surface area contributed by atoms with Crippen LogP contribution in [0, 0.1) is 11.3 Å². The smallest absolute Gasteiger partial charge is 0.243 e. The third kappa shape index (κ3) is 4.91. The lowest BCUT2D eigenvalue weighted by Crippen LogP contribution is -2.48. The molecule has 208 valence electrons. The summed E-state index contributed by atoms with van der Waals surface area (Å²) in [5.74, 6) is 0. The molecule has 2 aromatic heterocycles. The zero-order valence-corrected chi connectivity index (χ0v) is 23.9. The van der Waals surface area contributed by atoms with Gasteiger partial charge in [0.05, 0.1) is 27.7 Å². The number of nitrogens with zero attached hydrogens (tertiary/aromatic N) is 4. The third-order valence-electron chi connectivity index (χ3n) is 8.31. The zero-order chi connectivity index (χ0) is 28.1. The van der Waals surface area contributed by atoms with Crippen molar-refractivity contribution in [1.29, 1.82) is 5.26 Å². The normalized spacial score (nSPS) is 17.0. The van der Waals surface area contributed by atoms with Gasteiger partial charge in [0.1, 0.15) is 5.69 Å². The summed E-state index contributed by atoms with van der Waals surface area (Å²) in [4.78, 5) is 6.27. The maximum atomic E-state index is 13.6. The number of halogens is 1. The van der Waals surface area contributed by atoms with Crippen LogP contribution in [0.25, 0.3) is 33.2 Å². The third-order valence-corrected chi connectivity index (χ3v) is 10.6. The Morgan fingerprint density at radius 3 is 2.44 bits per heavy atom. The van der Waals surface area contributed by atoms with E-state index in [0.717, 1.165) is 78.5 Å². The van der Waals surface area contributed by atoms with Gasteiger partial charge >= 0.3 is 0 Å². The fourth-order valence-corrected chi connectivity index (χ4v) is 8.15. The van der Waals surface area contributed by atoms with Gasteiger partial charge in [-0.1, -0.05) is 23.7 Å². The number of aromatic amines is 2. The second-order valence-corrected chi connectivity index (χ2v) is 13.3. The average Bonchev–Trinajstić information content (AvgIpc) is 3.55. The van der Waals surface area contributed by atoms with Crippen LogP contribution < -0.4 is 0 Å². The van der Waals surface area contributed by atoms with Crippen molar-refractivity contribution in [1.82, 2.24) is 24.4 Å². The van der Waals surface area contributed by atoms with E-state index in [1.165, 1.54) is 5.56 Å². The van der Waals surface area contributed by atoms with Crippen molar-refractivity contribution in [3.8, 4) is 17.5 Å². The van der Waals surface area contributed by atoms with E-state index in [-0.39, 0.29) is 12.1 Å². The Bertz CT molecular complexity index is 1890. The molecule has 0 radical (unpaired) electrons. The van der Waals surface area contributed by atoms with Crippen molar-refractivity contribution in [2.75, 3.05) is 13.1 Å². The molecule has 41 heavy (non-hydrogen) atoms. The lowest BCUT2D eigenvalue weighted by atomic mass is 10.0. The molecule has 2 aliphatic rings. The Hall–Kier alpha value is -3.68. The van der Waals surface area contributed by atoms with Gasteiger partial charge < -0.3 is 4.98 Å². The highest BCUT2D eigenvalue weighted by atomic mass is 35.5. The molecule has 2 fully saturated rings. The number of sulfonamides is 1. The molecule has 0 atom stereocenters. The first-order valence-electron chi connectivity index (χ1n) is 13.9. The van der Waals surface area contributed by atoms with Crippen molar-refractivity contribution in [2.45, 2.75) is 49.2 Å². The molecule has 0 amide bonds. The highest BCUT2D eigenvalue weighted by Gasteiger charge is 2.43. The number of rotatable bonds is 7. The second kappa shape index (κ2) is 10.3. The minimum atomic E-state index is -3.57. The first-order chi connectivity index (χ1) is 19.9. The Morgan fingerprint density at radius 2 is 1.71 bits per heavy atom. The summed E-state index contributed by atoms with van der Waals surface area (Å²) in [7, 11) is -3.57. The van der Waals surface area contributed by atoms with Gasteiger partial charge in [-0.05, 0) is 85.8 Å². The molecule has 10 heteroatoms. The van der Waals surface area contributed by atoms with Crippen LogP contribution in [0.2, 0.25) is 5.02 Å². The van der Waals surface area contributed by atoms with Crippen LogP contribution in [0.3, 0.4) is 0 Å². The highest BCUT2D eigenvalue weighted by molar-refractivity contribution is 7.89. The fourth-order valence-electron chi connectivity index (χ4n) is 6.10. The number of nitriles is 1. The molecule has 3 heterocycles. The summed E-state index contributed by atoms with van der Waals surface area (Å²) in [6, 6.07) is 22.8.